The molecule has 1 aromatic rings. The van der Waals surface area contributed by atoms with Crippen molar-refractivity contribution in [1.29, 1.82) is 0 Å². The Kier molecular flexibility index (Phi) is 2.79. The molecule has 0 fully saturated rings. The van der Waals surface area contributed by atoms with Crippen LogP contribution >= 0.6 is 28.6 Å². The fourth-order valence-corrected chi connectivity index (χ4v) is 1.47. The van der Waals surface area contributed by atoms with Gasteiger partial charge in [-0.05, 0) is 30.2 Å². The minimum atomic E-state index is 0. The molecule has 0 unspecified atom stereocenters. The maximum Gasteiger partial charge on any atom is 0.0410 e. The van der Waals surface area contributed by atoms with Crippen molar-refractivity contribution in [3.05, 3.63) is 28.8 Å². The molecule has 0 saturated heterocycles. The van der Waals surface area contributed by atoms with E-state index < -0.39 is 0 Å². The minimum absolute atomic E-state index is 0. The summed E-state index contributed by atoms with van der Waals surface area (Å²) in [6.07, 6.45) is 1.11. The second-order valence-corrected chi connectivity index (χ2v) is 2.91. The third-order valence-electron chi connectivity index (χ3n) is 1.78. The first-order valence-electron chi connectivity index (χ1n) is 3.38. The Morgan fingerprint density at radius 3 is 3.00 bits per heavy atom. The SMILES string of the molecule is Br.Clc1ccc2c(c1)CCN2. The molecule has 0 amide bonds. The molecule has 1 aromatic carbocycles. The summed E-state index contributed by atoms with van der Waals surface area (Å²) in [5.41, 5.74) is 2.58. The Morgan fingerprint density at radius 2 is 2.18 bits per heavy atom. The number of fused-ring (bicyclic) bond motifs is 1. The Balaban J connectivity index is 0.000000605. The Morgan fingerprint density at radius 1 is 1.36 bits per heavy atom. The van der Waals surface area contributed by atoms with Gasteiger partial charge in [-0.3, -0.25) is 0 Å². The van der Waals surface area contributed by atoms with E-state index in [-0.39, 0.29) is 17.0 Å². The van der Waals surface area contributed by atoms with Crippen molar-refractivity contribution in [3.63, 3.8) is 0 Å². The zero-order valence-corrected chi connectivity index (χ0v) is 8.40. The molecule has 0 atom stereocenters. The summed E-state index contributed by atoms with van der Waals surface area (Å²) in [4.78, 5) is 0. The maximum absolute atomic E-state index is 5.80. The molecule has 2 rings (SSSR count). The summed E-state index contributed by atoms with van der Waals surface area (Å²) in [5, 5.41) is 4.10. The maximum atomic E-state index is 5.80. The average Bonchev–Trinajstić information content (AvgIpc) is 2.33. The molecule has 0 aromatic heterocycles. The van der Waals surface area contributed by atoms with Crippen LogP contribution in [0.4, 0.5) is 5.69 Å². The normalized spacial score (nSPS) is 13.2. The Bertz CT molecular complexity index is 262. The van der Waals surface area contributed by atoms with Crippen LogP contribution in [0.25, 0.3) is 0 Å². The number of benzene rings is 1. The molecule has 1 heterocycles. The van der Waals surface area contributed by atoms with Crippen molar-refractivity contribution in [3.8, 4) is 0 Å². The molecule has 11 heavy (non-hydrogen) atoms. The lowest BCUT2D eigenvalue weighted by molar-refractivity contribution is 1.11. The molecule has 0 radical (unpaired) electrons. The van der Waals surface area contributed by atoms with Gasteiger partial charge in [-0.25, -0.2) is 0 Å². The second-order valence-electron chi connectivity index (χ2n) is 2.48. The van der Waals surface area contributed by atoms with Crippen molar-refractivity contribution in [2.24, 2.45) is 0 Å². The van der Waals surface area contributed by atoms with Crippen LogP contribution in [0.2, 0.25) is 5.02 Å². The van der Waals surface area contributed by atoms with Gasteiger partial charge in [0.25, 0.3) is 0 Å². The molecular weight excluding hydrogens is 225 g/mol. The number of nitrogens with one attached hydrogen (secondary N) is 1. The van der Waals surface area contributed by atoms with Gasteiger partial charge in [0.2, 0.25) is 0 Å². The lowest BCUT2D eigenvalue weighted by Crippen LogP contribution is -1.90. The summed E-state index contributed by atoms with van der Waals surface area (Å²) < 4.78 is 0. The van der Waals surface area contributed by atoms with Crippen LogP contribution in [0.3, 0.4) is 0 Å². The monoisotopic (exact) mass is 233 g/mol. The predicted molar refractivity (Wildman–Crippen MR) is 54.0 cm³/mol. The minimum Gasteiger partial charge on any atom is -0.384 e. The summed E-state index contributed by atoms with van der Waals surface area (Å²) in [7, 11) is 0. The van der Waals surface area contributed by atoms with Crippen molar-refractivity contribution in [2.75, 3.05) is 11.9 Å². The molecule has 1 aliphatic rings. The van der Waals surface area contributed by atoms with Gasteiger partial charge in [-0.2, -0.15) is 0 Å². The van der Waals surface area contributed by atoms with E-state index in [1.54, 1.807) is 0 Å². The summed E-state index contributed by atoms with van der Waals surface area (Å²) in [6, 6.07) is 5.97. The van der Waals surface area contributed by atoms with Crippen molar-refractivity contribution in [1.82, 2.24) is 0 Å². The topological polar surface area (TPSA) is 12.0 Å². The molecule has 1 N–H and O–H groups in total. The van der Waals surface area contributed by atoms with Crippen LogP contribution in [0, 0.1) is 0 Å². The molecule has 0 spiro atoms. The molecule has 0 saturated carbocycles. The summed E-state index contributed by atoms with van der Waals surface area (Å²) >= 11 is 5.80. The highest BCUT2D eigenvalue weighted by Crippen LogP contribution is 2.24. The van der Waals surface area contributed by atoms with Crippen LogP contribution in [0.1, 0.15) is 5.56 Å². The molecule has 3 heteroatoms. The van der Waals surface area contributed by atoms with Crippen LogP contribution in [0.5, 0.6) is 0 Å². The lowest BCUT2D eigenvalue weighted by atomic mass is 10.2. The summed E-state index contributed by atoms with van der Waals surface area (Å²) in [6.45, 7) is 1.05. The molecule has 60 valence electrons. The third kappa shape index (κ3) is 1.68. The summed E-state index contributed by atoms with van der Waals surface area (Å²) in [5.74, 6) is 0. The van der Waals surface area contributed by atoms with E-state index in [1.165, 1.54) is 11.3 Å². The number of halogens is 2. The van der Waals surface area contributed by atoms with Gasteiger partial charge in [-0.15, -0.1) is 17.0 Å². The van der Waals surface area contributed by atoms with Gasteiger partial charge in [0.15, 0.2) is 0 Å². The molecule has 0 bridgehead atoms. The molecular formula is C8H9BrClN. The highest BCUT2D eigenvalue weighted by atomic mass is 79.9. The largest absolute Gasteiger partial charge is 0.384 e. The third-order valence-corrected chi connectivity index (χ3v) is 2.01. The Hall–Kier alpha value is -0.210. The highest BCUT2D eigenvalue weighted by molar-refractivity contribution is 8.93. The van der Waals surface area contributed by atoms with Gasteiger partial charge in [0, 0.05) is 17.3 Å². The number of rotatable bonds is 0. The zero-order chi connectivity index (χ0) is 6.97. The number of hydrogen-bond acceptors (Lipinski definition) is 1. The van der Waals surface area contributed by atoms with Crippen LogP contribution in [0.15, 0.2) is 18.2 Å². The predicted octanol–water partition coefficient (Wildman–Crippen LogP) is 2.89. The number of hydrogen-bond donors (Lipinski definition) is 1. The van der Waals surface area contributed by atoms with E-state index in [4.69, 9.17) is 11.6 Å². The zero-order valence-electron chi connectivity index (χ0n) is 5.93. The first-order valence-corrected chi connectivity index (χ1v) is 3.76. The van der Waals surface area contributed by atoms with Crippen LogP contribution < -0.4 is 5.32 Å². The van der Waals surface area contributed by atoms with Crippen molar-refractivity contribution >= 4 is 34.3 Å². The van der Waals surface area contributed by atoms with Gasteiger partial charge in [-0.1, -0.05) is 11.6 Å². The van der Waals surface area contributed by atoms with E-state index >= 15 is 0 Å². The fraction of sp³-hybridized carbons (Fsp3) is 0.250. The van der Waals surface area contributed by atoms with E-state index in [0.29, 0.717) is 0 Å². The first kappa shape index (κ1) is 8.88. The quantitative estimate of drug-likeness (QED) is 0.728. The van der Waals surface area contributed by atoms with Gasteiger partial charge < -0.3 is 5.32 Å². The van der Waals surface area contributed by atoms with Crippen molar-refractivity contribution in [2.45, 2.75) is 6.42 Å². The van der Waals surface area contributed by atoms with Gasteiger partial charge >= 0.3 is 0 Å². The molecule has 0 aliphatic carbocycles. The van der Waals surface area contributed by atoms with E-state index in [2.05, 4.69) is 5.32 Å². The second kappa shape index (κ2) is 3.46. The molecule has 1 nitrogen and oxygen atoms in total. The standard InChI is InChI=1S/C8H8ClN.BrH/c9-7-1-2-8-6(5-7)3-4-10-8;/h1-2,5,10H,3-4H2;1H. The van der Waals surface area contributed by atoms with Crippen LogP contribution in [-0.2, 0) is 6.42 Å². The van der Waals surface area contributed by atoms with E-state index in [0.717, 1.165) is 18.0 Å². The fourth-order valence-electron chi connectivity index (χ4n) is 1.27. The smallest absolute Gasteiger partial charge is 0.0410 e. The van der Waals surface area contributed by atoms with Gasteiger partial charge in [0.1, 0.15) is 0 Å². The lowest BCUT2D eigenvalue weighted by Gasteiger charge is -1.97. The van der Waals surface area contributed by atoms with Crippen molar-refractivity contribution < 1.29 is 0 Å². The molecule has 1 aliphatic heterocycles. The average molecular weight is 235 g/mol. The van der Waals surface area contributed by atoms with E-state index in [9.17, 15) is 0 Å². The Labute approximate surface area is 81.5 Å². The first-order chi connectivity index (χ1) is 4.86. The van der Waals surface area contributed by atoms with E-state index in [1.807, 2.05) is 18.2 Å². The number of anilines is 1. The van der Waals surface area contributed by atoms with Crippen LogP contribution in [-0.4, -0.2) is 6.54 Å². The van der Waals surface area contributed by atoms with Gasteiger partial charge in [0.05, 0.1) is 0 Å². The highest BCUT2D eigenvalue weighted by Gasteiger charge is 2.08.